The third-order valence-electron chi connectivity index (χ3n) is 6.45. The standard InChI is InChI=1S/C24H35N7O2/c1-4-5-10-25-24(33)31-12-11-30-15-20-27-19-9-7-6-8-18(19)22(28-20)29-21(16(2)3)23(32)26-13-17(30)14-31/h6-9,16-17,21H,4-5,10-15H2,1-3H3,(H,25,33)(H,26,32)(H,27,28,29)/t17?,21-/m0/s1. The van der Waals surface area contributed by atoms with Gasteiger partial charge in [0.25, 0.3) is 0 Å². The van der Waals surface area contributed by atoms with Crippen LogP contribution in [0.1, 0.15) is 39.4 Å². The van der Waals surface area contributed by atoms with Crippen molar-refractivity contribution in [3.63, 3.8) is 0 Å². The molecule has 1 unspecified atom stereocenters. The molecule has 0 saturated carbocycles. The Labute approximate surface area is 195 Å². The lowest BCUT2D eigenvalue weighted by atomic mass is 10.0. The second-order valence-electron chi connectivity index (χ2n) is 9.27. The van der Waals surface area contributed by atoms with Crippen LogP contribution in [0.4, 0.5) is 10.6 Å². The highest BCUT2D eigenvalue weighted by molar-refractivity contribution is 5.92. The highest BCUT2D eigenvalue weighted by atomic mass is 16.2. The number of anilines is 1. The molecular formula is C24H35N7O2. The van der Waals surface area contributed by atoms with Gasteiger partial charge < -0.3 is 20.9 Å². The smallest absolute Gasteiger partial charge is 0.317 e. The number of carbonyl (C=O) groups excluding carboxylic acids is 2. The third-order valence-corrected chi connectivity index (χ3v) is 6.45. The van der Waals surface area contributed by atoms with Gasteiger partial charge in [0.1, 0.15) is 17.7 Å². The summed E-state index contributed by atoms with van der Waals surface area (Å²) >= 11 is 0. The monoisotopic (exact) mass is 453 g/mol. The number of rotatable bonds is 4. The zero-order valence-electron chi connectivity index (χ0n) is 19.8. The minimum Gasteiger partial charge on any atom is -0.358 e. The van der Waals surface area contributed by atoms with Crippen molar-refractivity contribution in [2.75, 3.05) is 38.0 Å². The first-order valence-electron chi connectivity index (χ1n) is 12.0. The number of urea groups is 1. The van der Waals surface area contributed by atoms with Gasteiger partial charge >= 0.3 is 6.03 Å². The minimum absolute atomic E-state index is 0.0101. The number of unbranched alkanes of at least 4 members (excludes halogenated alkanes) is 1. The van der Waals surface area contributed by atoms with E-state index in [0.717, 1.165) is 29.6 Å². The number of amides is 3. The maximum Gasteiger partial charge on any atom is 0.317 e. The summed E-state index contributed by atoms with van der Waals surface area (Å²) in [4.78, 5) is 39.6. The van der Waals surface area contributed by atoms with Crippen LogP contribution in [-0.4, -0.2) is 76.5 Å². The molecule has 1 saturated heterocycles. The number of hydrogen-bond donors (Lipinski definition) is 3. The summed E-state index contributed by atoms with van der Waals surface area (Å²) in [6.07, 6.45) is 2.01. The van der Waals surface area contributed by atoms with E-state index in [9.17, 15) is 9.59 Å². The number of carbonyl (C=O) groups is 2. The summed E-state index contributed by atoms with van der Waals surface area (Å²) < 4.78 is 0. The Balaban J connectivity index is 1.62. The van der Waals surface area contributed by atoms with Crippen LogP contribution in [0.2, 0.25) is 0 Å². The van der Waals surface area contributed by atoms with Crippen molar-refractivity contribution in [2.24, 2.45) is 5.92 Å². The van der Waals surface area contributed by atoms with Crippen molar-refractivity contribution in [1.82, 2.24) is 30.4 Å². The number of benzene rings is 1. The lowest BCUT2D eigenvalue weighted by Gasteiger charge is -2.41. The molecule has 2 aromatic rings. The zero-order valence-corrected chi connectivity index (χ0v) is 19.8. The van der Waals surface area contributed by atoms with Gasteiger partial charge in [-0.15, -0.1) is 0 Å². The van der Waals surface area contributed by atoms with Gasteiger partial charge in [-0.25, -0.2) is 14.8 Å². The van der Waals surface area contributed by atoms with Crippen molar-refractivity contribution in [3.8, 4) is 0 Å². The van der Waals surface area contributed by atoms with E-state index < -0.39 is 6.04 Å². The van der Waals surface area contributed by atoms with Crippen LogP contribution >= 0.6 is 0 Å². The molecule has 0 radical (unpaired) electrons. The quantitative estimate of drug-likeness (QED) is 0.614. The van der Waals surface area contributed by atoms with Gasteiger partial charge in [-0.1, -0.05) is 39.3 Å². The molecule has 2 atom stereocenters. The van der Waals surface area contributed by atoms with E-state index in [2.05, 4.69) is 27.8 Å². The van der Waals surface area contributed by atoms with Gasteiger partial charge in [0.2, 0.25) is 5.91 Å². The van der Waals surface area contributed by atoms with Crippen molar-refractivity contribution in [2.45, 2.75) is 52.2 Å². The molecule has 4 rings (SSSR count). The van der Waals surface area contributed by atoms with Gasteiger partial charge in [0.15, 0.2) is 0 Å². The lowest BCUT2D eigenvalue weighted by Crippen LogP contribution is -2.60. The van der Waals surface area contributed by atoms with E-state index in [4.69, 9.17) is 9.97 Å². The molecular weight excluding hydrogens is 418 g/mol. The van der Waals surface area contributed by atoms with Crippen LogP contribution in [0, 0.1) is 5.92 Å². The molecule has 3 N–H and O–H groups in total. The van der Waals surface area contributed by atoms with Crippen molar-refractivity contribution in [1.29, 1.82) is 0 Å². The molecule has 178 valence electrons. The third kappa shape index (κ3) is 5.35. The fraction of sp³-hybridized carbons (Fsp3) is 0.583. The predicted molar refractivity (Wildman–Crippen MR) is 129 cm³/mol. The molecule has 0 aliphatic carbocycles. The average molecular weight is 454 g/mol. The van der Waals surface area contributed by atoms with Crippen LogP contribution < -0.4 is 16.0 Å². The van der Waals surface area contributed by atoms with Gasteiger partial charge in [0.05, 0.1) is 12.1 Å². The first-order chi connectivity index (χ1) is 16.0. The van der Waals surface area contributed by atoms with Crippen LogP contribution in [0.25, 0.3) is 10.9 Å². The molecule has 1 aromatic carbocycles. The summed E-state index contributed by atoms with van der Waals surface area (Å²) in [5.74, 6) is 1.43. The van der Waals surface area contributed by atoms with Gasteiger partial charge in [-0.3, -0.25) is 9.69 Å². The maximum absolute atomic E-state index is 13.2. The second kappa shape index (κ2) is 10.3. The molecule has 9 heteroatoms. The van der Waals surface area contributed by atoms with Crippen LogP contribution in [0.15, 0.2) is 24.3 Å². The molecule has 2 aliphatic rings. The van der Waals surface area contributed by atoms with Crippen LogP contribution in [-0.2, 0) is 11.3 Å². The topological polar surface area (TPSA) is 102 Å². The molecule has 9 nitrogen and oxygen atoms in total. The first kappa shape index (κ1) is 23.2. The molecule has 3 amide bonds. The van der Waals surface area contributed by atoms with Crippen LogP contribution in [0.3, 0.4) is 0 Å². The Hall–Kier alpha value is -2.94. The summed E-state index contributed by atoms with van der Waals surface area (Å²) in [5, 5.41) is 10.4. The fourth-order valence-corrected chi connectivity index (χ4v) is 4.46. The van der Waals surface area contributed by atoms with E-state index in [1.807, 2.05) is 43.0 Å². The van der Waals surface area contributed by atoms with Gasteiger partial charge in [-0.2, -0.15) is 0 Å². The fourth-order valence-electron chi connectivity index (χ4n) is 4.46. The first-order valence-corrected chi connectivity index (χ1v) is 12.0. The largest absolute Gasteiger partial charge is 0.358 e. The van der Waals surface area contributed by atoms with E-state index >= 15 is 0 Å². The Bertz CT molecular complexity index is 996. The highest BCUT2D eigenvalue weighted by Gasteiger charge is 2.32. The molecule has 3 heterocycles. The lowest BCUT2D eigenvalue weighted by molar-refractivity contribution is -0.123. The molecule has 33 heavy (non-hydrogen) atoms. The Morgan fingerprint density at radius 3 is 2.85 bits per heavy atom. The Morgan fingerprint density at radius 2 is 2.06 bits per heavy atom. The van der Waals surface area contributed by atoms with Gasteiger partial charge in [0, 0.05) is 44.2 Å². The number of para-hydroxylation sites is 1. The average Bonchev–Trinajstić information content (AvgIpc) is 2.82. The highest BCUT2D eigenvalue weighted by Crippen LogP contribution is 2.24. The summed E-state index contributed by atoms with van der Waals surface area (Å²) in [7, 11) is 0. The molecule has 0 spiro atoms. The zero-order chi connectivity index (χ0) is 23.4. The summed E-state index contributed by atoms with van der Waals surface area (Å²) in [6.45, 7) is 9.77. The normalized spacial score (nSPS) is 21.7. The van der Waals surface area contributed by atoms with E-state index in [1.54, 1.807) is 0 Å². The Kier molecular flexibility index (Phi) is 7.27. The Morgan fingerprint density at radius 1 is 1.24 bits per heavy atom. The molecule has 1 fully saturated rings. The number of fused-ring (bicyclic) bond motifs is 5. The number of nitrogens with one attached hydrogen (secondary N) is 3. The predicted octanol–water partition coefficient (Wildman–Crippen LogP) is 2.19. The van der Waals surface area contributed by atoms with Gasteiger partial charge in [-0.05, 0) is 24.5 Å². The van der Waals surface area contributed by atoms with E-state index in [0.29, 0.717) is 45.1 Å². The summed E-state index contributed by atoms with van der Waals surface area (Å²) in [6, 6.07) is 7.42. The number of hydrogen-bond acceptors (Lipinski definition) is 6. The number of nitrogens with zero attached hydrogens (tertiary/aromatic N) is 4. The second-order valence-corrected chi connectivity index (χ2v) is 9.27. The van der Waals surface area contributed by atoms with Crippen molar-refractivity contribution in [3.05, 3.63) is 30.1 Å². The van der Waals surface area contributed by atoms with E-state index in [1.165, 1.54) is 0 Å². The van der Waals surface area contributed by atoms with Crippen molar-refractivity contribution < 1.29 is 9.59 Å². The van der Waals surface area contributed by atoms with Crippen LogP contribution in [0.5, 0.6) is 0 Å². The molecule has 1 aromatic heterocycles. The summed E-state index contributed by atoms with van der Waals surface area (Å²) in [5.41, 5.74) is 0.859. The molecule has 2 aliphatic heterocycles. The minimum atomic E-state index is -0.417. The van der Waals surface area contributed by atoms with E-state index in [-0.39, 0.29) is 23.9 Å². The maximum atomic E-state index is 13.2. The van der Waals surface area contributed by atoms with Crippen molar-refractivity contribution >= 4 is 28.7 Å². The number of aromatic nitrogens is 2. The number of piperazine rings is 1. The molecule has 2 bridgehead atoms. The SMILES string of the molecule is CCCCNC(=O)N1CCN2Cc3nc(c4ccccc4n3)N[C@@H](C(C)C)C(=O)NCC2C1.